The summed E-state index contributed by atoms with van der Waals surface area (Å²) in [5, 5.41) is 18.8. The van der Waals surface area contributed by atoms with Crippen LogP contribution >= 0.6 is 0 Å². The third-order valence-corrected chi connectivity index (χ3v) is 2.08. The van der Waals surface area contributed by atoms with Crippen molar-refractivity contribution < 1.29 is 15.0 Å². The summed E-state index contributed by atoms with van der Waals surface area (Å²) in [5.41, 5.74) is 5.70. The molecule has 0 bridgehead atoms. The average Bonchev–Trinajstić information content (AvgIpc) is 2.18. The molecule has 15 heavy (non-hydrogen) atoms. The second kappa shape index (κ2) is 3.13. The number of nitrogens with two attached hydrogens (primary N) is 1. The van der Waals surface area contributed by atoms with E-state index in [2.05, 4.69) is 4.98 Å². The third-order valence-electron chi connectivity index (χ3n) is 2.08. The van der Waals surface area contributed by atoms with E-state index in [-0.39, 0.29) is 17.1 Å². The van der Waals surface area contributed by atoms with Crippen molar-refractivity contribution in [1.82, 2.24) is 4.98 Å². The first kappa shape index (κ1) is 9.26. The van der Waals surface area contributed by atoms with Crippen LogP contribution in [0.25, 0.3) is 10.9 Å². The summed E-state index contributed by atoms with van der Waals surface area (Å²) >= 11 is 0. The van der Waals surface area contributed by atoms with Crippen LogP contribution in [-0.4, -0.2) is 21.2 Å². The predicted molar refractivity (Wildman–Crippen MR) is 54.8 cm³/mol. The molecule has 1 heterocycles. The first-order valence-corrected chi connectivity index (χ1v) is 4.21. The Labute approximate surface area is 84.8 Å². The number of anilines is 1. The number of aromatic hydroxyl groups is 1. The molecule has 0 aliphatic rings. The molecule has 0 unspecified atom stereocenters. The molecule has 0 spiro atoms. The van der Waals surface area contributed by atoms with Crippen LogP contribution in [0.1, 0.15) is 10.4 Å². The van der Waals surface area contributed by atoms with Crippen LogP contribution < -0.4 is 5.73 Å². The van der Waals surface area contributed by atoms with E-state index in [1.54, 1.807) is 12.1 Å². The molecule has 5 nitrogen and oxygen atoms in total. The normalized spacial score (nSPS) is 10.4. The highest BCUT2D eigenvalue weighted by molar-refractivity contribution is 5.98. The third kappa shape index (κ3) is 1.43. The van der Waals surface area contributed by atoms with Gasteiger partial charge in [-0.25, -0.2) is 9.78 Å². The number of aromatic nitrogens is 1. The van der Waals surface area contributed by atoms with Gasteiger partial charge in [0.1, 0.15) is 22.6 Å². The fraction of sp³-hybridized carbons (Fsp3) is 0. The molecular weight excluding hydrogens is 196 g/mol. The molecule has 0 fully saturated rings. The minimum absolute atomic E-state index is 0.0175. The molecule has 2 aromatic rings. The summed E-state index contributed by atoms with van der Waals surface area (Å²) in [6.45, 7) is 0. The van der Waals surface area contributed by atoms with Crippen LogP contribution in [0.2, 0.25) is 0 Å². The number of carbonyl (C=O) groups is 1. The molecule has 0 radical (unpaired) electrons. The number of fused-ring (bicyclic) bond motifs is 1. The summed E-state index contributed by atoms with van der Waals surface area (Å²) in [4.78, 5) is 14.6. The molecule has 0 saturated heterocycles. The molecule has 0 aliphatic carbocycles. The number of benzene rings is 1. The van der Waals surface area contributed by atoms with E-state index in [0.717, 1.165) is 0 Å². The van der Waals surface area contributed by atoms with Gasteiger partial charge in [0.25, 0.3) is 0 Å². The van der Waals surface area contributed by atoms with Crippen LogP contribution in [-0.2, 0) is 0 Å². The van der Waals surface area contributed by atoms with Gasteiger partial charge in [-0.3, -0.25) is 0 Å². The van der Waals surface area contributed by atoms with Crippen LogP contribution in [0.4, 0.5) is 5.82 Å². The second-order valence-electron chi connectivity index (χ2n) is 3.08. The summed E-state index contributed by atoms with van der Waals surface area (Å²) in [6, 6.07) is 6.13. The lowest BCUT2D eigenvalue weighted by atomic mass is 10.1. The van der Waals surface area contributed by atoms with Crippen molar-refractivity contribution in [3.8, 4) is 5.75 Å². The number of phenols is 1. The van der Waals surface area contributed by atoms with E-state index >= 15 is 0 Å². The Bertz CT molecular complexity index is 552. The van der Waals surface area contributed by atoms with Crippen LogP contribution in [0.15, 0.2) is 24.3 Å². The van der Waals surface area contributed by atoms with Crippen LogP contribution in [0.5, 0.6) is 5.75 Å². The monoisotopic (exact) mass is 204 g/mol. The number of para-hydroxylation sites is 1. The van der Waals surface area contributed by atoms with Gasteiger partial charge in [-0.1, -0.05) is 12.1 Å². The van der Waals surface area contributed by atoms with E-state index < -0.39 is 5.97 Å². The van der Waals surface area contributed by atoms with E-state index in [4.69, 9.17) is 10.8 Å². The summed E-state index contributed by atoms with van der Waals surface area (Å²) in [7, 11) is 0. The minimum Gasteiger partial charge on any atom is -0.506 e. The van der Waals surface area contributed by atoms with Crippen molar-refractivity contribution in [2.24, 2.45) is 0 Å². The zero-order valence-corrected chi connectivity index (χ0v) is 7.64. The van der Waals surface area contributed by atoms with Gasteiger partial charge in [-0.15, -0.1) is 0 Å². The predicted octanol–water partition coefficient (Wildman–Crippen LogP) is 1.22. The van der Waals surface area contributed by atoms with E-state index in [1.165, 1.54) is 12.1 Å². The molecule has 1 aromatic heterocycles. The topological polar surface area (TPSA) is 96.4 Å². The van der Waals surface area contributed by atoms with Gasteiger partial charge >= 0.3 is 5.97 Å². The summed E-state index contributed by atoms with van der Waals surface area (Å²) in [5.74, 6) is -1.25. The number of phenolic OH excluding ortho intramolecular Hbond substituents is 1. The molecule has 0 amide bonds. The molecule has 0 atom stereocenters. The van der Waals surface area contributed by atoms with Gasteiger partial charge in [0.15, 0.2) is 0 Å². The maximum Gasteiger partial charge on any atom is 0.339 e. The van der Waals surface area contributed by atoms with Gasteiger partial charge in [0.2, 0.25) is 0 Å². The van der Waals surface area contributed by atoms with Gasteiger partial charge in [0.05, 0.1) is 0 Å². The van der Waals surface area contributed by atoms with Crippen molar-refractivity contribution in [1.29, 1.82) is 0 Å². The lowest BCUT2D eigenvalue weighted by Gasteiger charge is -2.04. The largest absolute Gasteiger partial charge is 0.506 e. The van der Waals surface area contributed by atoms with E-state index in [0.29, 0.717) is 10.9 Å². The molecule has 4 N–H and O–H groups in total. The number of carboxylic acid groups (broad SMARTS) is 1. The maximum atomic E-state index is 10.8. The minimum atomic E-state index is -1.13. The zero-order chi connectivity index (χ0) is 11.0. The van der Waals surface area contributed by atoms with Crippen molar-refractivity contribution in [3.63, 3.8) is 0 Å². The molecule has 5 heteroatoms. The van der Waals surface area contributed by atoms with Gasteiger partial charge < -0.3 is 15.9 Å². The van der Waals surface area contributed by atoms with Crippen LogP contribution in [0, 0.1) is 0 Å². The SMILES string of the molecule is Nc1nc2c(O)cccc2cc1C(=O)O. The molecule has 2 rings (SSSR count). The van der Waals surface area contributed by atoms with Crippen molar-refractivity contribution in [2.75, 3.05) is 5.73 Å². The fourth-order valence-corrected chi connectivity index (χ4v) is 1.37. The summed E-state index contributed by atoms with van der Waals surface area (Å²) < 4.78 is 0. The highest BCUT2D eigenvalue weighted by Crippen LogP contribution is 2.25. The number of nitrogens with zero attached hydrogens (tertiary/aromatic N) is 1. The van der Waals surface area contributed by atoms with Crippen molar-refractivity contribution >= 4 is 22.7 Å². The summed E-state index contributed by atoms with van der Waals surface area (Å²) in [6.07, 6.45) is 0. The van der Waals surface area contributed by atoms with Crippen molar-refractivity contribution in [3.05, 3.63) is 29.8 Å². The average molecular weight is 204 g/mol. The first-order valence-electron chi connectivity index (χ1n) is 4.21. The van der Waals surface area contributed by atoms with E-state index in [1.807, 2.05) is 0 Å². The second-order valence-corrected chi connectivity index (χ2v) is 3.08. The standard InChI is InChI=1S/C10H8N2O3/c11-9-6(10(14)15)4-5-2-1-3-7(13)8(5)12-9/h1-4,13H,(H2,11,12)(H,14,15). The van der Waals surface area contributed by atoms with Gasteiger partial charge in [-0.05, 0) is 12.1 Å². The number of pyridine rings is 1. The fourth-order valence-electron chi connectivity index (χ4n) is 1.37. The highest BCUT2D eigenvalue weighted by Gasteiger charge is 2.11. The van der Waals surface area contributed by atoms with Gasteiger partial charge in [-0.2, -0.15) is 0 Å². The number of hydrogen-bond donors (Lipinski definition) is 3. The molecule has 76 valence electrons. The maximum absolute atomic E-state index is 10.8. The number of nitrogen functional groups attached to an aromatic ring is 1. The lowest BCUT2D eigenvalue weighted by Crippen LogP contribution is -2.04. The molecule has 0 aliphatic heterocycles. The Balaban J connectivity index is 2.82. The Morgan fingerprint density at radius 2 is 2.13 bits per heavy atom. The Morgan fingerprint density at radius 1 is 1.40 bits per heavy atom. The highest BCUT2D eigenvalue weighted by atomic mass is 16.4. The van der Waals surface area contributed by atoms with Crippen LogP contribution in [0.3, 0.4) is 0 Å². The Morgan fingerprint density at radius 3 is 2.80 bits per heavy atom. The number of aromatic carboxylic acids is 1. The quantitative estimate of drug-likeness (QED) is 0.649. The number of rotatable bonds is 1. The number of hydrogen-bond acceptors (Lipinski definition) is 4. The Hall–Kier alpha value is -2.30. The number of carboxylic acids is 1. The molecular formula is C10H8N2O3. The van der Waals surface area contributed by atoms with Gasteiger partial charge in [0, 0.05) is 5.39 Å². The van der Waals surface area contributed by atoms with Crippen molar-refractivity contribution in [2.45, 2.75) is 0 Å². The first-order chi connectivity index (χ1) is 7.09. The Kier molecular flexibility index (Phi) is 1.93. The molecule has 0 saturated carbocycles. The lowest BCUT2D eigenvalue weighted by molar-refractivity contribution is 0.0698. The smallest absolute Gasteiger partial charge is 0.339 e. The zero-order valence-electron chi connectivity index (χ0n) is 7.64. The van der Waals surface area contributed by atoms with E-state index in [9.17, 15) is 9.90 Å². The molecule has 1 aromatic carbocycles.